The molecule has 3 heterocycles. The Kier molecular flexibility index (Phi) is 3.80. The molecule has 4 nitrogen and oxygen atoms in total. The van der Waals surface area contributed by atoms with Gasteiger partial charge in [-0.2, -0.15) is 0 Å². The lowest BCUT2D eigenvalue weighted by Gasteiger charge is -2.32. The molecular formula is C23H21N3O. The monoisotopic (exact) mass is 355 g/mol. The first-order valence-corrected chi connectivity index (χ1v) is 9.46. The van der Waals surface area contributed by atoms with Gasteiger partial charge in [0.05, 0.1) is 11.1 Å². The molecule has 0 radical (unpaired) electrons. The number of nitrogens with one attached hydrogen (secondary N) is 1. The third kappa shape index (κ3) is 2.48. The number of pyridine rings is 1. The third-order valence-electron chi connectivity index (χ3n) is 5.82. The average Bonchev–Trinajstić information content (AvgIpc) is 2.98. The van der Waals surface area contributed by atoms with Crippen molar-refractivity contribution >= 4 is 17.4 Å². The van der Waals surface area contributed by atoms with Gasteiger partial charge in [-0.3, -0.25) is 9.69 Å². The number of nitrogens with zero attached hydrogens (tertiary/aromatic N) is 2. The number of rotatable bonds is 2. The van der Waals surface area contributed by atoms with Crippen molar-refractivity contribution in [3.05, 3.63) is 78.5 Å². The van der Waals surface area contributed by atoms with Gasteiger partial charge in [0.15, 0.2) is 0 Å². The minimum absolute atomic E-state index is 0.158. The van der Waals surface area contributed by atoms with E-state index in [1.54, 1.807) is 6.20 Å². The normalized spacial score (nSPS) is 17.9. The zero-order valence-corrected chi connectivity index (χ0v) is 15.1. The van der Waals surface area contributed by atoms with Gasteiger partial charge in [-0.05, 0) is 55.3 Å². The van der Waals surface area contributed by atoms with Crippen molar-refractivity contribution in [2.45, 2.75) is 18.3 Å². The second kappa shape index (κ2) is 6.32. The summed E-state index contributed by atoms with van der Waals surface area (Å²) in [5.74, 6) is 0.946. The van der Waals surface area contributed by atoms with Crippen LogP contribution in [0.1, 0.15) is 18.4 Å². The third-order valence-corrected chi connectivity index (χ3v) is 5.82. The summed E-state index contributed by atoms with van der Waals surface area (Å²) in [7, 11) is 0. The van der Waals surface area contributed by atoms with Gasteiger partial charge in [0.1, 0.15) is 5.82 Å². The summed E-state index contributed by atoms with van der Waals surface area (Å²) in [4.78, 5) is 20.0. The van der Waals surface area contributed by atoms with Crippen LogP contribution in [0.3, 0.4) is 0 Å². The van der Waals surface area contributed by atoms with Gasteiger partial charge in [0.25, 0.3) is 0 Å². The maximum atomic E-state index is 13.6. The number of hydrogen-bond acceptors (Lipinski definition) is 3. The molecule has 0 aliphatic carbocycles. The van der Waals surface area contributed by atoms with Crippen LogP contribution in [0.15, 0.2) is 72.9 Å². The molecule has 5 rings (SSSR count). The molecule has 2 aromatic carbocycles. The van der Waals surface area contributed by atoms with Gasteiger partial charge in [-0.1, -0.05) is 48.5 Å². The molecule has 1 saturated heterocycles. The van der Waals surface area contributed by atoms with E-state index in [0.29, 0.717) is 0 Å². The zero-order chi connectivity index (χ0) is 18.3. The highest BCUT2D eigenvalue weighted by molar-refractivity contribution is 6.12. The summed E-state index contributed by atoms with van der Waals surface area (Å²) in [5, 5.41) is 3.38. The molecular weight excluding hydrogens is 334 g/mol. The van der Waals surface area contributed by atoms with Crippen molar-refractivity contribution in [3.8, 4) is 11.1 Å². The predicted octanol–water partition coefficient (Wildman–Crippen LogP) is 4.05. The van der Waals surface area contributed by atoms with E-state index in [9.17, 15) is 4.79 Å². The number of benzene rings is 2. The van der Waals surface area contributed by atoms with Crippen LogP contribution in [-0.2, 0) is 10.2 Å². The van der Waals surface area contributed by atoms with Crippen LogP contribution in [0.2, 0.25) is 0 Å². The van der Waals surface area contributed by atoms with Gasteiger partial charge in [0.2, 0.25) is 5.91 Å². The number of fused-ring (bicyclic) bond motifs is 2. The number of piperidine rings is 1. The number of amides is 1. The van der Waals surface area contributed by atoms with E-state index in [-0.39, 0.29) is 5.91 Å². The summed E-state index contributed by atoms with van der Waals surface area (Å²) >= 11 is 0. The molecule has 0 atom stereocenters. The van der Waals surface area contributed by atoms with Crippen molar-refractivity contribution in [1.82, 2.24) is 10.3 Å². The molecule has 134 valence electrons. The molecule has 0 saturated carbocycles. The first-order chi connectivity index (χ1) is 13.3. The van der Waals surface area contributed by atoms with E-state index < -0.39 is 5.41 Å². The van der Waals surface area contributed by atoms with Crippen LogP contribution in [0.4, 0.5) is 11.5 Å². The SMILES string of the molecule is O=C1N(c2ccc(-c3ccccc3)cc2)c2ncccc2C12CCNCC2. The smallest absolute Gasteiger partial charge is 0.243 e. The number of carbonyl (C=O) groups excluding carboxylic acids is 1. The maximum absolute atomic E-state index is 13.6. The minimum atomic E-state index is -0.438. The summed E-state index contributed by atoms with van der Waals surface area (Å²) in [5.41, 5.74) is 3.83. The number of hydrogen-bond donors (Lipinski definition) is 1. The van der Waals surface area contributed by atoms with E-state index in [0.717, 1.165) is 48.6 Å². The van der Waals surface area contributed by atoms with E-state index in [2.05, 4.69) is 40.6 Å². The molecule has 4 heteroatoms. The Hall–Kier alpha value is -2.98. The Morgan fingerprint density at radius 2 is 1.56 bits per heavy atom. The molecule has 0 bridgehead atoms. The van der Waals surface area contributed by atoms with E-state index >= 15 is 0 Å². The Balaban J connectivity index is 1.56. The van der Waals surface area contributed by atoms with E-state index in [4.69, 9.17) is 0 Å². The first-order valence-electron chi connectivity index (χ1n) is 9.46. The lowest BCUT2D eigenvalue weighted by atomic mass is 9.74. The summed E-state index contributed by atoms with van der Waals surface area (Å²) in [6.45, 7) is 1.72. The molecule has 27 heavy (non-hydrogen) atoms. The number of aromatic nitrogens is 1. The fraction of sp³-hybridized carbons (Fsp3) is 0.217. The summed E-state index contributed by atoms with van der Waals surface area (Å²) in [6.07, 6.45) is 3.42. The molecule has 1 aromatic heterocycles. The van der Waals surface area contributed by atoms with Crippen LogP contribution >= 0.6 is 0 Å². The Morgan fingerprint density at radius 1 is 0.852 bits per heavy atom. The van der Waals surface area contributed by atoms with E-state index in [1.165, 1.54) is 5.56 Å². The van der Waals surface area contributed by atoms with Gasteiger partial charge < -0.3 is 5.32 Å². The molecule has 1 fully saturated rings. The average molecular weight is 355 g/mol. The fourth-order valence-corrected chi connectivity index (χ4v) is 4.38. The Labute approximate surface area is 158 Å². The highest BCUT2D eigenvalue weighted by Gasteiger charge is 2.52. The molecule has 1 amide bonds. The van der Waals surface area contributed by atoms with Crippen molar-refractivity contribution in [2.75, 3.05) is 18.0 Å². The van der Waals surface area contributed by atoms with Crippen LogP contribution in [-0.4, -0.2) is 24.0 Å². The minimum Gasteiger partial charge on any atom is -0.317 e. The van der Waals surface area contributed by atoms with Gasteiger partial charge in [-0.25, -0.2) is 4.98 Å². The molecule has 2 aliphatic heterocycles. The summed E-state index contributed by atoms with van der Waals surface area (Å²) < 4.78 is 0. The van der Waals surface area contributed by atoms with Gasteiger partial charge >= 0.3 is 0 Å². The summed E-state index contributed by atoms with van der Waals surface area (Å²) in [6, 6.07) is 22.5. The van der Waals surface area contributed by atoms with Crippen LogP contribution in [0, 0.1) is 0 Å². The second-order valence-electron chi connectivity index (χ2n) is 7.26. The topological polar surface area (TPSA) is 45.2 Å². The fourth-order valence-electron chi connectivity index (χ4n) is 4.38. The first kappa shape index (κ1) is 16.2. The number of anilines is 2. The molecule has 1 N–H and O–H groups in total. The lowest BCUT2D eigenvalue weighted by molar-refractivity contribution is -0.123. The van der Waals surface area contributed by atoms with Crippen LogP contribution in [0.5, 0.6) is 0 Å². The van der Waals surface area contributed by atoms with Crippen LogP contribution < -0.4 is 10.2 Å². The zero-order valence-electron chi connectivity index (χ0n) is 15.1. The maximum Gasteiger partial charge on any atom is 0.243 e. The van der Waals surface area contributed by atoms with Gasteiger partial charge in [-0.15, -0.1) is 0 Å². The van der Waals surface area contributed by atoms with Crippen molar-refractivity contribution in [1.29, 1.82) is 0 Å². The Morgan fingerprint density at radius 3 is 2.30 bits per heavy atom. The Bertz CT molecular complexity index is 976. The standard InChI is InChI=1S/C23H21N3O/c27-22-23(12-15-24-16-13-23)20-7-4-14-25-21(20)26(22)19-10-8-18(9-11-19)17-5-2-1-3-6-17/h1-11,14,24H,12-13,15-16H2. The molecule has 1 spiro atoms. The van der Waals surface area contributed by atoms with E-state index in [1.807, 2.05) is 41.3 Å². The highest BCUT2D eigenvalue weighted by Crippen LogP contribution is 2.48. The predicted molar refractivity (Wildman–Crippen MR) is 107 cm³/mol. The second-order valence-corrected chi connectivity index (χ2v) is 7.26. The quantitative estimate of drug-likeness (QED) is 0.754. The van der Waals surface area contributed by atoms with Crippen molar-refractivity contribution in [2.24, 2.45) is 0 Å². The lowest BCUT2D eigenvalue weighted by Crippen LogP contribution is -2.46. The highest BCUT2D eigenvalue weighted by atomic mass is 16.2. The number of carbonyl (C=O) groups is 1. The van der Waals surface area contributed by atoms with Crippen molar-refractivity contribution < 1.29 is 4.79 Å². The van der Waals surface area contributed by atoms with Crippen LogP contribution in [0.25, 0.3) is 11.1 Å². The largest absolute Gasteiger partial charge is 0.317 e. The van der Waals surface area contributed by atoms with Crippen molar-refractivity contribution in [3.63, 3.8) is 0 Å². The molecule has 0 unspecified atom stereocenters. The van der Waals surface area contributed by atoms with Gasteiger partial charge in [0, 0.05) is 11.8 Å². The molecule has 3 aromatic rings. The molecule has 2 aliphatic rings.